The fourth-order valence-electron chi connectivity index (χ4n) is 1.05. The molecule has 2 heteroatoms. The van der Waals surface area contributed by atoms with Crippen LogP contribution >= 0.6 is 0 Å². The molecule has 0 aliphatic carbocycles. The van der Waals surface area contributed by atoms with E-state index in [9.17, 15) is 0 Å². The minimum absolute atomic E-state index is 1.16. The smallest absolute Gasteiger partial charge is 0.114 e. The molecule has 2 rings (SSSR count). The van der Waals surface area contributed by atoms with E-state index in [2.05, 4.69) is 16.3 Å². The number of imidazole rings is 1. The van der Waals surface area contributed by atoms with Gasteiger partial charge in [0.15, 0.2) is 0 Å². The molecule has 0 spiro atoms. The Bertz CT molecular complexity index is 317. The number of nitrogens with zero attached hydrogens (tertiary/aromatic N) is 1. The molecule has 60 valence electrons. The molecule has 0 aliphatic heterocycles. The number of hydrogen-bond donors (Lipinski definition) is 1. The van der Waals surface area contributed by atoms with E-state index in [-0.39, 0.29) is 0 Å². The molecule has 0 atom stereocenters. The minimum Gasteiger partial charge on any atom is -0.346 e. The zero-order valence-corrected chi connectivity index (χ0v) is 7.26. The molecular weight excluding hydrogens is 136 g/mol. The van der Waals surface area contributed by atoms with Crippen LogP contribution in [0.3, 0.4) is 0 Å². The molecule has 0 amide bonds. The third-order valence-electron chi connectivity index (χ3n) is 1.56. The Morgan fingerprint density at radius 1 is 1.36 bits per heavy atom. The number of aromatic nitrogens is 2. The van der Waals surface area contributed by atoms with E-state index in [0.29, 0.717) is 0 Å². The largest absolute Gasteiger partial charge is 0.346 e. The maximum absolute atomic E-state index is 3.13. The van der Waals surface area contributed by atoms with Gasteiger partial charge in [0, 0.05) is 18.1 Å². The second-order valence-electron chi connectivity index (χ2n) is 2.19. The monoisotopic (exact) mass is 150 g/mol. The van der Waals surface area contributed by atoms with Crippen LogP contribution in [0.25, 0.3) is 5.65 Å². The van der Waals surface area contributed by atoms with Crippen molar-refractivity contribution < 1.29 is 0 Å². The van der Waals surface area contributed by atoms with Gasteiger partial charge < -0.3 is 9.38 Å². The Morgan fingerprint density at radius 2 is 2.09 bits per heavy atom. The molecule has 0 saturated carbocycles. The van der Waals surface area contributed by atoms with Gasteiger partial charge >= 0.3 is 0 Å². The molecule has 2 aromatic rings. The first-order valence-electron chi connectivity index (χ1n) is 3.99. The molecular formula is C9H14N2. The van der Waals surface area contributed by atoms with Crippen molar-refractivity contribution in [1.82, 2.24) is 9.38 Å². The van der Waals surface area contributed by atoms with Gasteiger partial charge in [0.2, 0.25) is 0 Å². The Hall–Kier alpha value is -1.18. The topological polar surface area (TPSA) is 20.2 Å². The van der Waals surface area contributed by atoms with Crippen molar-refractivity contribution in [2.45, 2.75) is 20.8 Å². The fourth-order valence-corrected chi connectivity index (χ4v) is 1.05. The van der Waals surface area contributed by atoms with E-state index in [0.717, 1.165) is 5.65 Å². The molecule has 0 saturated heterocycles. The number of aryl methyl sites for hydroxylation is 1. The summed E-state index contributed by atoms with van der Waals surface area (Å²) < 4.78 is 2.11. The molecule has 0 bridgehead atoms. The van der Waals surface area contributed by atoms with E-state index >= 15 is 0 Å². The van der Waals surface area contributed by atoms with Crippen molar-refractivity contribution in [3.05, 3.63) is 30.2 Å². The Labute approximate surface area is 66.9 Å². The zero-order valence-electron chi connectivity index (χ0n) is 7.26. The lowest BCUT2D eigenvalue weighted by Gasteiger charge is -1.83. The van der Waals surface area contributed by atoms with Crippen LogP contribution < -0.4 is 0 Å². The summed E-state index contributed by atoms with van der Waals surface area (Å²) in [7, 11) is 0. The Kier molecular flexibility index (Phi) is 2.36. The van der Waals surface area contributed by atoms with E-state index in [1.54, 1.807) is 0 Å². The van der Waals surface area contributed by atoms with E-state index in [4.69, 9.17) is 0 Å². The van der Waals surface area contributed by atoms with Crippen LogP contribution in [-0.4, -0.2) is 9.38 Å². The first-order chi connectivity index (χ1) is 5.38. The number of nitrogens with one attached hydrogen (secondary N) is 1. The second kappa shape index (κ2) is 3.28. The summed E-state index contributed by atoms with van der Waals surface area (Å²) in [5.74, 6) is 0. The molecule has 1 N–H and O–H groups in total. The van der Waals surface area contributed by atoms with Gasteiger partial charge in [-0.15, -0.1) is 0 Å². The van der Waals surface area contributed by atoms with Crippen LogP contribution in [0.2, 0.25) is 0 Å². The highest BCUT2D eigenvalue weighted by atomic mass is 15.0. The summed E-state index contributed by atoms with van der Waals surface area (Å²) in [5, 5.41) is 0. The predicted octanol–water partition coefficient (Wildman–Crippen LogP) is 2.60. The molecule has 0 radical (unpaired) electrons. The van der Waals surface area contributed by atoms with Crippen LogP contribution in [0.4, 0.5) is 0 Å². The lowest BCUT2D eigenvalue weighted by molar-refractivity contribution is 1.14. The number of fused-ring (bicyclic) bond motifs is 1. The Morgan fingerprint density at radius 3 is 2.73 bits per heavy atom. The van der Waals surface area contributed by atoms with Crippen molar-refractivity contribution in [2.24, 2.45) is 0 Å². The molecule has 0 aliphatic rings. The molecule has 11 heavy (non-hydrogen) atoms. The molecule has 0 fully saturated rings. The third-order valence-corrected chi connectivity index (χ3v) is 1.56. The number of rotatable bonds is 0. The normalized spacial score (nSPS) is 9.36. The molecule has 0 aromatic carbocycles. The van der Waals surface area contributed by atoms with Gasteiger partial charge in [-0.05, 0) is 19.1 Å². The first-order valence-corrected chi connectivity index (χ1v) is 3.99. The summed E-state index contributed by atoms with van der Waals surface area (Å²) in [5.41, 5.74) is 2.41. The average Bonchev–Trinajstić information content (AvgIpc) is 2.60. The molecule has 0 unspecified atom stereocenters. The van der Waals surface area contributed by atoms with Crippen molar-refractivity contribution in [1.29, 1.82) is 0 Å². The quantitative estimate of drug-likeness (QED) is 0.595. The highest BCUT2D eigenvalue weighted by Crippen LogP contribution is 2.04. The van der Waals surface area contributed by atoms with Gasteiger partial charge in [0.1, 0.15) is 5.65 Å². The van der Waals surface area contributed by atoms with Gasteiger partial charge in [-0.2, -0.15) is 0 Å². The lowest BCUT2D eigenvalue weighted by atomic mass is 10.5. The second-order valence-corrected chi connectivity index (χ2v) is 2.19. The third kappa shape index (κ3) is 1.29. The molecule has 2 nitrogen and oxygen atoms in total. The summed E-state index contributed by atoms with van der Waals surface area (Å²) in [4.78, 5) is 3.13. The van der Waals surface area contributed by atoms with E-state index in [1.807, 2.05) is 38.4 Å². The SMILES string of the molecule is CC.Cc1c[nH]c2cccn12. The van der Waals surface area contributed by atoms with Crippen LogP contribution in [-0.2, 0) is 0 Å². The van der Waals surface area contributed by atoms with E-state index in [1.165, 1.54) is 5.69 Å². The van der Waals surface area contributed by atoms with E-state index < -0.39 is 0 Å². The predicted molar refractivity (Wildman–Crippen MR) is 47.8 cm³/mol. The van der Waals surface area contributed by atoms with Crippen LogP contribution in [0, 0.1) is 6.92 Å². The summed E-state index contributed by atoms with van der Waals surface area (Å²) >= 11 is 0. The highest BCUT2D eigenvalue weighted by molar-refractivity contribution is 5.40. The van der Waals surface area contributed by atoms with Gasteiger partial charge in [-0.1, -0.05) is 13.8 Å². The van der Waals surface area contributed by atoms with Gasteiger partial charge in [-0.25, -0.2) is 0 Å². The maximum atomic E-state index is 3.13. The summed E-state index contributed by atoms with van der Waals surface area (Å²) in [6.07, 6.45) is 4.04. The molecule has 2 heterocycles. The zero-order chi connectivity index (χ0) is 8.27. The lowest BCUT2D eigenvalue weighted by Crippen LogP contribution is -1.76. The van der Waals surface area contributed by atoms with Crippen molar-refractivity contribution >= 4 is 5.65 Å². The van der Waals surface area contributed by atoms with Crippen molar-refractivity contribution in [3.63, 3.8) is 0 Å². The van der Waals surface area contributed by atoms with Gasteiger partial charge in [0.25, 0.3) is 0 Å². The summed E-state index contributed by atoms with van der Waals surface area (Å²) in [6, 6.07) is 4.08. The van der Waals surface area contributed by atoms with Gasteiger partial charge in [-0.3, -0.25) is 0 Å². The standard InChI is InChI=1S/C7H8N2.C2H6/c1-6-5-8-7-3-2-4-9(6)7;1-2/h2-5,8H,1H3;1-2H3. The fraction of sp³-hybridized carbons (Fsp3) is 0.333. The van der Waals surface area contributed by atoms with Crippen molar-refractivity contribution in [3.8, 4) is 0 Å². The Balaban J connectivity index is 0.000000281. The van der Waals surface area contributed by atoms with Crippen LogP contribution in [0.1, 0.15) is 19.5 Å². The first kappa shape index (κ1) is 7.92. The minimum atomic E-state index is 1.16. The number of hydrogen-bond acceptors (Lipinski definition) is 0. The number of aromatic amines is 1. The van der Waals surface area contributed by atoms with Crippen LogP contribution in [0.15, 0.2) is 24.5 Å². The average molecular weight is 150 g/mol. The highest BCUT2D eigenvalue weighted by Gasteiger charge is 1.93. The number of H-pyrrole nitrogens is 1. The molecule has 2 aromatic heterocycles. The van der Waals surface area contributed by atoms with Crippen LogP contribution in [0.5, 0.6) is 0 Å². The maximum Gasteiger partial charge on any atom is 0.114 e. The van der Waals surface area contributed by atoms with Gasteiger partial charge in [0.05, 0.1) is 0 Å². The van der Waals surface area contributed by atoms with Crippen molar-refractivity contribution in [2.75, 3.05) is 0 Å². The summed E-state index contributed by atoms with van der Waals surface area (Å²) in [6.45, 7) is 6.07.